The molecule has 198 valence electrons. The highest BCUT2D eigenvalue weighted by Gasteiger charge is 2.33. The highest BCUT2D eigenvalue weighted by Crippen LogP contribution is 2.38. The Morgan fingerprint density at radius 2 is 1.71 bits per heavy atom. The van der Waals surface area contributed by atoms with E-state index in [1.54, 1.807) is 44.4 Å². The Kier molecular flexibility index (Phi) is 8.02. The number of hydrogen-bond acceptors (Lipinski definition) is 9. The number of nitrogens with zero attached hydrogens (tertiary/aromatic N) is 2. The van der Waals surface area contributed by atoms with E-state index in [2.05, 4.69) is 11.6 Å². The second-order valence-electron chi connectivity index (χ2n) is 8.20. The fraction of sp³-hybridized carbons (Fsp3) is 0.250. The Morgan fingerprint density at radius 1 is 1.05 bits per heavy atom. The monoisotopic (exact) mass is 536 g/mol. The standard InChI is InChI=1S/C28H28N2O7S/c1-7-12-37-27(32)23-16(2)29-28-30(24(23)18-8-10-19(33-3)11-9-18)26(31)22(38-28)15-17-13-20(34-4)25(36-6)21(14-17)35-5/h7-11,13-15,24H,1,12H2,2-6H3/b22-15+/t24-/m0/s1. The molecule has 4 rings (SSSR count). The molecule has 0 saturated heterocycles. The maximum absolute atomic E-state index is 13.8. The van der Waals surface area contributed by atoms with Gasteiger partial charge in [0.05, 0.1) is 50.3 Å². The van der Waals surface area contributed by atoms with Gasteiger partial charge in [0.25, 0.3) is 5.56 Å². The van der Waals surface area contributed by atoms with Gasteiger partial charge in [0.2, 0.25) is 5.75 Å². The number of carbonyl (C=O) groups excluding carboxylic acids is 1. The molecule has 0 saturated carbocycles. The number of allylic oxidation sites excluding steroid dienone is 1. The largest absolute Gasteiger partial charge is 0.497 e. The molecule has 0 radical (unpaired) electrons. The van der Waals surface area contributed by atoms with Crippen LogP contribution in [0.3, 0.4) is 0 Å². The molecule has 0 N–H and O–H groups in total. The van der Waals surface area contributed by atoms with Gasteiger partial charge in [-0.15, -0.1) is 0 Å². The van der Waals surface area contributed by atoms with Crippen molar-refractivity contribution in [2.75, 3.05) is 35.0 Å². The minimum absolute atomic E-state index is 0.0382. The van der Waals surface area contributed by atoms with Crippen LogP contribution in [0.25, 0.3) is 6.08 Å². The van der Waals surface area contributed by atoms with E-state index in [9.17, 15) is 9.59 Å². The van der Waals surface area contributed by atoms with Gasteiger partial charge in [-0.2, -0.15) is 0 Å². The molecule has 9 nitrogen and oxygen atoms in total. The summed E-state index contributed by atoms with van der Waals surface area (Å²) in [5.41, 5.74) is 1.84. The van der Waals surface area contributed by atoms with E-state index in [-0.39, 0.29) is 17.7 Å². The lowest BCUT2D eigenvalue weighted by molar-refractivity contribution is -0.138. The summed E-state index contributed by atoms with van der Waals surface area (Å²) in [6.45, 7) is 5.38. The van der Waals surface area contributed by atoms with Crippen LogP contribution in [0.5, 0.6) is 23.0 Å². The summed E-state index contributed by atoms with van der Waals surface area (Å²) in [6.07, 6.45) is 3.22. The van der Waals surface area contributed by atoms with E-state index in [4.69, 9.17) is 23.7 Å². The number of benzene rings is 2. The SMILES string of the molecule is C=CCOC(=O)C1=C(C)N=c2s/c(=C/c3cc(OC)c(OC)c(OC)c3)c(=O)n2[C@H]1c1ccc(OC)cc1. The first kappa shape index (κ1) is 26.7. The predicted octanol–water partition coefficient (Wildman–Crippen LogP) is 3.00. The smallest absolute Gasteiger partial charge is 0.338 e. The second-order valence-corrected chi connectivity index (χ2v) is 9.21. The van der Waals surface area contributed by atoms with Crippen LogP contribution >= 0.6 is 11.3 Å². The van der Waals surface area contributed by atoms with Gasteiger partial charge in [0, 0.05) is 0 Å². The summed E-state index contributed by atoms with van der Waals surface area (Å²) in [7, 11) is 6.15. The van der Waals surface area contributed by atoms with Crippen molar-refractivity contribution in [3.05, 3.63) is 91.1 Å². The number of esters is 1. The summed E-state index contributed by atoms with van der Waals surface area (Å²) >= 11 is 1.22. The Balaban J connectivity index is 1.93. The van der Waals surface area contributed by atoms with Crippen molar-refractivity contribution in [1.29, 1.82) is 0 Å². The summed E-state index contributed by atoms with van der Waals surface area (Å²) in [5, 5.41) is 0. The van der Waals surface area contributed by atoms with Crippen molar-refractivity contribution in [2.24, 2.45) is 4.99 Å². The van der Waals surface area contributed by atoms with Crippen LogP contribution in [-0.4, -0.2) is 45.6 Å². The minimum Gasteiger partial charge on any atom is -0.497 e. The van der Waals surface area contributed by atoms with Crippen LogP contribution in [0.2, 0.25) is 0 Å². The van der Waals surface area contributed by atoms with E-state index in [1.807, 2.05) is 12.1 Å². The van der Waals surface area contributed by atoms with Crippen LogP contribution in [0.15, 0.2) is 70.1 Å². The number of thiazole rings is 1. The number of rotatable bonds is 9. The highest BCUT2D eigenvalue weighted by atomic mass is 32.1. The Bertz CT molecular complexity index is 1560. The number of methoxy groups -OCH3 is 4. The maximum Gasteiger partial charge on any atom is 0.338 e. The number of carbonyl (C=O) groups is 1. The lowest BCUT2D eigenvalue weighted by atomic mass is 9.96. The summed E-state index contributed by atoms with van der Waals surface area (Å²) in [4.78, 5) is 32.0. The van der Waals surface area contributed by atoms with Crippen LogP contribution in [-0.2, 0) is 9.53 Å². The third-order valence-corrected chi connectivity index (χ3v) is 6.97. The normalized spacial score (nSPS) is 14.9. The molecule has 1 aliphatic rings. The molecular weight excluding hydrogens is 508 g/mol. The van der Waals surface area contributed by atoms with Gasteiger partial charge in [-0.1, -0.05) is 36.1 Å². The maximum atomic E-state index is 13.8. The zero-order valence-electron chi connectivity index (χ0n) is 21.8. The minimum atomic E-state index is -0.739. The molecule has 2 aromatic carbocycles. The Morgan fingerprint density at radius 3 is 2.26 bits per heavy atom. The molecule has 0 aliphatic carbocycles. The third-order valence-electron chi connectivity index (χ3n) is 5.99. The van der Waals surface area contributed by atoms with Gasteiger partial charge in [-0.05, 0) is 48.4 Å². The molecule has 38 heavy (non-hydrogen) atoms. The van der Waals surface area contributed by atoms with Gasteiger partial charge < -0.3 is 23.7 Å². The summed E-state index contributed by atoms with van der Waals surface area (Å²) < 4.78 is 28.9. The van der Waals surface area contributed by atoms with E-state index >= 15 is 0 Å². The first-order valence-electron chi connectivity index (χ1n) is 11.6. The van der Waals surface area contributed by atoms with E-state index in [0.717, 1.165) is 0 Å². The van der Waals surface area contributed by atoms with Gasteiger partial charge in [0.15, 0.2) is 16.3 Å². The van der Waals surface area contributed by atoms with Crippen molar-refractivity contribution >= 4 is 23.4 Å². The number of aromatic nitrogens is 1. The van der Waals surface area contributed by atoms with Crippen LogP contribution in [0.4, 0.5) is 0 Å². The first-order chi connectivity index (χ1) is 18.4. The molecule has 0 bridgehead atoms. The van der Waals surface area contributed by atoms with Gasteiger partial charge in [0.1, 0.15) is 12.4 Å². The fourth-order valence-corrected chi connectivity index (χ4v) is 5.28. The lowest BCUT2D eigenvalue weighted by Crippen LogP contribution is -2.39. The fourth-order valence-electron chi connectivity index (χ4n) is 4.23. The van der Waals surface area contributed by atoms with Gasteiger partial charge >= 0.3 is 5.97 Å². The third kappa shape index (κ3) is 4.95. The molecule has 0 fully saturated rings. The first-order valence-corrected chi connectivity index (χ1v) is 12.4. The summed E-state index contributed by atoms with van der Waals surface area (Å²) in [6, 6.07) is 9.97. The molecule has 0 amide bonds. The molecule has 0 spiro atoms. The molecule has 1 aliphatic heterocycles. The Hall–Kier alpha value is -4.31. The number of fused-ring (bicyclic) bond motifs is 1. The zero-order valence-corrected chi connectivity index (χ0v) is 22.6. The van der Waals surface area contributed by atoms with Crippen LogP contribution in [0, 0.1) is 0 Å². The van der Waals surface area contributed by atoms with Crippen LogP contribution in [0.1, 0.15) is 24.1 Å². The van der Waals surface area contributed by atoms with Crippen molar-refractivity contribution in [2.45, 2.75) is 13.0 Å². The Labute approximate surface area is 223 Å². The van der Waals surface area contributed by atoms with Crippen LogP contribution < -0.4 is 33.8 Å². The zero-order chi connectivity index (χ0) is 27.4. The van der Waals surface area contributed by atoms with Crippen molar-refractivity contribution in [3.8, 4) is 23.0 Å². The van der Waals surface area contributed by atoms with E-state index < -0.39 is 12.0 Å². The average Bonchev–Trinajstić information content (AvgIpc) is 3.24. The number of hydrogen-bond donors (Lipinski definition) is 0. The average molecular weight is 537 g/mol. The second kappa shape index (κ2) is 11.4. The topological polar surface area (TPSA) is 97.6 Å². The molecule has 10 heteroatoms. The van der Waals surface area contributed by atoms with Gasteiger partial charge in [-0.25, -0.2) is 9.79 Å². The predicted molar refractivity (Wildman–Crippen MR) is 144 cm³/mol. The number of ether oxygens (including phenoxy) is 5. The van der Waals surface area contributed by atoms with Gasteiger partial charge in [-0.3, -0.25) is 9.36 Å². The molecule has 2 heterocycles. The van der Waals surface area contributed by atoms with E-state index in [1.165, 1.54) is 43.3 Å². The molecule has 1 aromatic heterocycles. The van der Waals surface area contributed by atoms with Crippen molar-refractivity contribution < 1.29 is 28.5 Å². The van der Waals surface area contributed by atoms with Crippen molar-refractivity contribution in [1.82, 2.24) is 4.57 Å². The highest BCUT2D eigenvalue weighted by molar-refractivity contribution is 7.07. The van der Waals surface area contributed by atoms with Crippen molar-refractivity contribution in [3.63, 3.8) is 0 Å². The summed E-state index contributed by atoms with van der Waals surface area (Å²) in [5.74, 6) is 1.47. The molecule has 0 unspecified atom stereocenters. The lowest BCUT2D eigenvalue weighted by Gasteiger charge is -2.24. The quantitative estimate of drug-likeness (QED) is 0.306. The van der Waals surface area contributed by atoms with E-state index in [0.29, 0.717) is 49.2 Å². The molecular formula is C28H28N2O7S. The molecule has 3 aromatic rings. The molecule has 1 atom stereocenters.